The summed E-state index contributed by atoms with van der Waals surface area (Å²) in [5.41, 5.74) is 1.91. The molecule has 2 heterocycles. The number of methoxy groups -OCH3 is 2. The molecule has 0 atom stereocenters. The van der Waals surface area contributed by atoms with Crippen molar-refractivity contribution >= 4 is 11.5 Å². The second-order valence-corrected chi connectivity index (χ2v) is 5.10. The summed E-state index contributed by atoms with van der Waals surface area (Å²) in [4.78, 5) is 0. The molecular weight excluding hydrogens is 294 g/mol. The number of anilines is 1. The molecule has 7 nitrogen and oxygen atoms in total. The van der Waals surface area contributed by atoms with Crippen molar-refractivity contribution in [3.8, 4) is 11.5 Å². The first kappa shape index (κ1) is 15.1. The van der Waals surface area contributed by atoms with E-state index in [0.29, 0.717) is 0 Å². The van der Waals surface area contributed by atoms with Gasteiger partial charge < -0.3 is 14.8 Å². The highest BCUT2D eigenvalue weighted by molar-refractivity contribution is 5.45. The van der Waals surface area contributed by atoms with Crippen molar-refractivity contribution < 1.29 is 9.47 Å². The summed E-state index contributed by atoms with van der Waals surface area (Å²) in [6.45, 7) is 2.63. The van der Waals surface area contributed by atoms with Crippen molar-refractivity contribution in [2.45, 2.75) is 13.3 Å². The lowest BCUT2D eigenvalue weighted by molar-refractivity contribution is 0.354. The first-order valence-corrected chi connectivity index (χ1v) is 7.35. The molecular formula is C16H19N5O2. The van der Waals surface area contributed by atoms with E-state index in [1.54, 1.807) is 18.7 Å². The van der Waals surface area contributed by atoms with Gasteiger partial charge in [0.15, 0.2) is 23.0 Å². The van der Waals surface area contributed by atoms with E-state index >= 15 is 0 Å². The summed E-state index contributed by atoms with van der Waals surface area (Å²) in [5, 5.41) is 15.8. The predicted molar refractivity (Wildman–Crippen MR) is 87.3 cm³/mol. The van der Waals surface area contributed by atoms with Crippen LogP contribution in [0.15, 0.2) is 30.3 Å². The molecule has 2 aromatic heterocycles. The second-order valence-electron chi connectivity index (χ2n) is 5.10. The fraction of sp³-hybridized carbons (Fsp3) is 0.312. The molecule has 3 aromatic rings. The van der Waals surface area contributed by atoms with Gasteiger partial charge >= 0.3 is 0 Å². The van der Waals surface area contributed by atoms with Crippen molar-refractivity contribution in [3.63, 3.8) is 0 Å². The van der Waals surface area contributed by atoms with Crippen LogP contribution in [-0.4, -0.2) is 40.6 Å². The molecule has 0 aliphatic carbocycles. The molecule has 0 spiro atoms. The van der Waals surface area contributed by atoms with E-state index in [9.17, 15) is 0 Å². The number of nitrogens with one attached hydrogen (secondary N) is 1. The Morgan fingerprint density at radius 1 is 1.04 bits per heavy atom. The lowest BCUT2D eigenvalue weighted by Gasteiger charge is -2.10. The molecule has 0 saturated heterocycles. The van der Waals surface area contributed by atoms with Crippen LogP contribution in [0.25, 0.3) is 5.65 Å². The number of aromatic nitrogens is 4. The summed E-state index contributed by atoms with van der Waals surface area (Å²) < 4.78 is 12.3. The fourth-order valence-electron chi connectivity index (χ4n) is 2.36. The quantitative estimate of drug-likeness (QED) is 0.751. The van der Waals surface area contributed by atoms with Crippen LogP contribution in [-0.2, 0) is 6.42 Å². The van der Waals surface area contributed by atoms with Crippen LogP contribution in [0.5, 0.6) is 11.5 Å². The molecule has 0 saturated carbocycles. The molecule has 7 heteroatoms. The Hall–Kier alpha value is -2.83. The minimum atomic E-state index is 0.736. The van der Waals surface area contributed by atoms with Gasteiger partial charge in [-0.3, -0.25) is 0 Å². The van der Waals surface area contributed by atoms with E-state index < -0.39 is 0 Å². The van der Waals surface area contributed by atoms with E-state index in [1.165, 1.54) is 0 Å². The molecule has 0 aliphatic rings. The van der Waals surface area contributed by atoms with Gasteiger partial charge in [0, 0.05) is 6.54 Å². The van der Waals surface area contributed by atoms with E-state index in [-0.39, 0.29) is 0 Å². The van der Waals surface area contributed by atoms with Gasteiger partial charge in [-0.1, -0.05) is 6.07 Å². The molecule has 1 aromatic carbocycles. The number of benzene rings is 1. The molecule has 0 fully saturated rings. The van der Waals surface area contributed by atoms with Crippen molar-refractivity contribution in [2.75, 3.05) is 26.1 Å². The highest BCUT2D eigenvalue weighted by Crippen LogP contribution is 2.27. The molecule has 23 heavy (non-hydrogen) atoms. The molecule has 1 N–H and O–H groups in total. The first-order valence-electron chi connectivity index (χ1n) is 7.35. The Morgan fingerprint density at radius 3 is 2.65 bits per heavy atom. The summed E-state index contributed by atoms with van der Waals surface area (Å²) >= 11 is 0. The van der Waals surface area contributed by atoms with Crippen LogP contribution in [0.3, 0.4) is 0 Å². The number of hydrogen-bond donors (Lipinski definition) is 1. The number of aryl methyl sites for hydroxylation is 1. The van der Waals surface area contributed by atoms with Crippen LogP contribution in [0.4, 0.5) is 5.82 Å². The van der Waals surface area contributed by atoms with E-state index in [2.05, 4.69) is 20.6 Å². The van der Waals surface area contributed by atoms with Crippen molar-refractivity contribution in [1.29, 1.82) is 0 Å². The van der Waals surface area contributed by atoms with Gasteiger partial charge in [-0.15, -0.1) is 15.3 Å². The third-order valence-electron chi connectivity index (χ3n) is 3.59. The summed E-state index contributed by atoms with van der Waals surface area (Å²) in [5.74, 6) is 3.04. The van der Waals surface area contributed by atoms with Gasteiger partial charge in [-0.2, -0.15) is 4.52 Å². The topological polar surface area (TPSA) is 73.6 Å². The van der Waals surface area contributed by atoms with Gasteiger partial charge in [0.1, 0.15) is 5.82 Å². The van der Waals surface area contributed by atoms with E-state index in [4.69, 9.17) is 9.47 Å². The van der Waals surface area contributed by atoms with Crippen LogP contribution in [0.1, 0.15) is 11.4 Å². The number of ether oxygens (including phenoxy) is 2. The van der Waals surface area contributed by atoms with Crippen LogP contribution >= 0.6 is 0 Å². The summed E-state index contributed by atoms with van der Waals surface area (Å²) in [6.07, 6.45) is 0.848. The maximum Gasteiger partial charge on any atom is 0.178 e. The van der Waals surface area contributed by atoms with Crippen LogP contribution in [0, 0.1) is 6.92 Å². The smallest absolute Gasteiger partial charge is 0.178 e. The van der Waals surface area contributed by atoms with Crippen molar-refractivity contribution in [1.82, 2.24) is 19.8 Å². The van der Waals surface area contributed by atoms with Gasteiger partial charge in [-0.05, 0) is 43.2 Å². The summed E-state index contributed by atoms with van der Waals surface area (Å²) in [6, 6.07) is 9.73. The molecule has 3 rings (SSSR count). The minimum absolute atomic E-state index is 0.736. The zero-order valence-electron chi connectivity index (χ0n) is 13.4. The van der Waals surface area contributed by atoms with Gasteiger partial charge in [0.25, 0.3) is 0 Å². The Labute approximate surface area is 134 Å². The zero-order chi connectivity index (χ0) is 16.2. The van der Waals surface area contributed by atoms with Gasteiger partial charge in [0.05, 0.1) is 14.2 Å². The first-order chi connectivity index (χ1) is 11.2. The Balaban J connectivity index is 1.65. The number of fused-ring (bicyclic) bond motifs is 1. The lowest BCUT2D eigenvalue weighted by Crippen LogP contribution is -2.08. The number of rotatable bonds is 6. The Morgan fingerprint density at radius 2 is 1.87 bits per heavy atom. The molecule has 0 bridgehead atoms. The third-order valence-corrected chi connectivity index (χ3v) is 3.59. The monoisotopic (exact) mass is 313 g/mol. The average molecular weight is 313 g/mol. The molecule has 0 amide bonds. The largest absolute Gasteiger partial charge is 0.493 e. The highest BCUT2D eigenvalue weighted by atomic mass is 16.5. The summed E-state index contributed by atoms with van der Waals surface area (Å²) in [7, 11) is 3.27. The minimum Gasteiger partial charge on any atom is -0.493 e. The molecule has 0 aliphatic heterocycles. The number of hydrogen-bond acceptors (Lipinski definition) is 6. The molecule has 0 radical (unpaired) electrons. The van der Waals surface area contributed by atoms with E-state index in [1.807, 2.05) is 37.3 Å². The second kappa shape index (κ2) is 6.51. The SMILES string of the molecule is COc1ccc(CCNc2ccc3nnc(C)n3n2)cc1OC. The maximum atomic E-state index is 5.32. The van der Waals surface area contributed by atoms with Crippen LogP contribution < -0.4 is 14.8 Å². The van der Waals surface area contributed by atoms with E-state index in [0.717, 1.165) is 47.3 Å². The van der Waals surface area contributed by atoms with Crippen LogP contribution in [0.2, 0.25) is 0 Å². The molecule has 0 unspecified atom stereocenters. The van der Waals surface area contributed by atoms with Crippen molar-refractivity contribution in [3.05, 3.63) is 41.7 Å². The number of nitrogens with zero attached hydrogens (tertiary/aromatic N) is 4. The standard InChI is InChI=1S/C16H19N5O2/c1-11-18-19-16-7-6-15(20-21(11)16)17-9-8-12-4-5-13(22-2)14(10-12)23-3/h4-7,10H,8-9H2,1-3H3,(H,17,20). The van der Waals surface area contributed by atoms with Gasteiger partial charge in [-0.25, -0.2) is 0 Å². The third kappa shape index (κ3) is 3.18. The lowest BCUT2D eigenvalue weighted by atomic mass is 10.1. The Bertz CT molecular complexity index is 815. The average Bonchev–Trinajstić information content (AvgIpc) is 2.95. The van der Waals surface area contributed by atoms with Crippen molar-refractivity contribution in [2.24, 2.45) is 0 Å². The fourth-order valence-corrected chi connectivity index (χ4v) is 2.36. The maximum absolute atomic E-state index is 5.32. The Kier molecular flexibility index (Phi) is 4.27. The molecule has 120 valence electrons. The highest BCUT2D eigenvalue weighted by Gasteiger charge is 2.05. The normalized spacial score (nSPS) is 10.7. The zero-order valence-corrected chi connectivity index (χ0v) is 13.4. The predicted octanol–water partition coefficient (Wildman–Crippen LogP) is 2.10. The van der Waals surface area contributed by atoms with Gasteiger partial charge in [0.2, 0.25) is 0 Å².